The van der Waals surface area contributed by atoms with E-state index in [0.29, 0.717) is 0 Å². The van der Waals surface area contributed by atoms with Crippen LogP contribution in [-0.2, 0) is 11.3 Å². The summed E-state index contributed by atoms with van der Waals surface area (Å²) in [6.45, 7) is 2.88. The van der Waals surface area contributed by atoms with Gasteiger partial charge in [0.05, 0.1) is 0 Å². The molecule has 0 aromatic heterocycles. The lowest BCUT2D eigenvalue weighted by atomic mass is 9.95. The second-order valence-corrected chi connectivity index (χ2v) is 8.01. The summed E-state index contributed by atoms with van der Waals surface area (Å²) in [5.74, 6) is 0.238. The highest BCUT2D eigenvalue weighted by Gasteiger charge is 2.25. The summed E-state index contributed by atoms with van der Waals surface area (Å²) in [7, 11) is 0. The standard InChI is InChI=1S/C19H20Br2N2O/c20-16-6-4-14(5-7-16)13-23-10-8-15(9-11-23)19(24)22-18-3-1-2-17(21)12-18/h1-7,12,15H,8-11,13H2,(H,22,24). The molecule has 1 fully saturated rings. The number of carbonyl (C=O) groups is 1. The zero-order valence-electron chi connectivity index (χ0n) is 13.3. The first kappa shape index (κ1) is 17.6. The highest BCUT2D eigenvalue weighted by atomic mass is 79.9. The normalized spacial score (nSPS) is 16.1. The largest absolute Gasteiger partial charge is 0.326 e. The van der Waals surface area contributed by atoms with E-state index in [1.807, 2.05) is 24.3 Å². The van der Waals surface area contributed by atoms with E-state index in [9.17, 15) is 4.79 Å². The van der Waals surface area contributed by atoms with Crippen molar-refractivity contribution in [3.05, 3.63) is 63.0 Å². The molecule has 0 saturated carbocycles. The van der Waals surface area contributed by atoms with Gasteiger partial charge in [0.2, 0.25) is 5.91 Å². The van der Waals surface area contributed by atoms with Crippen molar-refractivity contribution in [1.29, 1.82) is 0 Å². The van der Waals surface area contributed by atoms with Crippen LogP contribution in [0, 0.1) is 5.92 Å². The number of piperidine rings is 1. The number of anilines is 1. The lowest BCUT2D eigenvalue weighted by molar-refractivity contribution is -0.121. The number of hydrogen-bond donors (Lipinski definition) is 1. The SMILES string of the molecule is O=C(Nc1cccc(Br)c1)C1CCN(Cc2ccc(Br)cc2)CC1. The highest BCUT2D eigenvalue weighted by molar-refractivity contribution is 9.10. The minimum Gasteiger partial charge on any atom is -0.326 e. The van der Waals surface area contributed by atoms with Crippen LogP contribution in [0.15, 0.2) is 57.5 Å². The van der Waals surface area contributed by atoms with Crippen molar-refractivity contribution in [3.63, 3.8) is 0 Å². The number of rotatable bonds is 4. The summed E-state index contributed by atoms with van der Waals surface area (Å²) in [5, 5.41) is 3.03. The molecule has 0 aliphatic carbocycles. The first-order chi connectivity index (χ1) is 11.6. The second kappa shape index (κ2) is 8.28. The van der Waals surface area contributed by atoms with Crippen molar-refractivity contribution in [2.45, 2.75) is 19.4 Å². The minimum absolute atomic E-state index is 0.102. The monoisotopic (exact) mass is 450 g/mol. The van der Waals surface area contributed by atoms with Gasteiger partial charge in [-0.15, -0.1) is 0 Å². The summed E-state index contributed by atoms with van der Waals surface area (Å²) in [4.78, 5) is 14.9. The molecule has 1 aliphatic heterocycles. The number of carbonyl (C=O) groups excluding carboxylic acids is 1. The Morgan fingerprint density at radius 2 is 1.75 bits per heavy atom. The zero-order chi connectivity index (χ0) is 16.9. The van der Waals surface area contributed by atoms with E-state index in [1.165, 1.54) is 5.56 Å². The van der Waals surface area contributed by atoms with Crippen LogP contribution in [0.2, 0.25) is 0 Å². The number of nitrogens with zero attached hydrogens (tertiary/aromatic N) is 1. The van der Waals surface area contributed by atoms with E-state index < -0.39 is 0 Å². The van der Waals surface area contributed by atoms with Crippen molar-refractivity contribution in [1.82, 2.24) is 4.90 Å². The van der Waals surface area contributed by atoms with Crippen LogP contribution in [0.3, 0.4) is 0 Å². The van der Waals surface area contributed by atoms with Crippen molar-refractivity contribution in [2.24, 2.45) is 5.92 Å². The molecule has 0 atom stereocenters. The van der Waals surface area contributed by atoms with Crippen LogP contribution in [0.1, 0.15) is 18.4 Å². The maximum atomic E-state index is 12.4. The van der Waals surface area contributed by atoms with Gasteiger partial charge in [0.1, 0.15) is 0 Å². The molecule has 0 spiro atoms. The number of nitrogens with one attached hydrogen (secondary N) is 1. The molecule has 126 valence electrons. The predicted molar refractivity (Wildman–Crippen MR) is 105 cm³/mol. The van der Waals surface area contributed by atoms with Gasteiger partial charge in [-0.3, -0.25) is 9.69 Å². The first-order valence-corrected chi connectivity index (χ1v) is 9.72. The molecule has 5 heteroatoms. The van der Waals surface area contributed by atoms with Crippen molar-refractivity contribution in [2.75, 3.05) is 18.4 Å². The van der Waals surface area contributed by atoms with E-state index in [1.54, 1.807) is 0 Å². The van der Waals surface area contributed by atoms with Gasteiger partial charge in [-0.25, -0.2) is 0 Å². The third-order valence-electron chi connectivity index (χ3n) is 4.37. The maximum absolute atomic E-state index is 12.4. The Bertz CT molecular complexity index is 695. The van der Waals surface area contributed by atoms with Gasteiger partial charge >= 0.3 is 0 Å². The minimum atomic E-state index is 0.102. The average Bonchev–Trinajstić information content (AvgIpc) is 2.57. The Kier molecular flexibility index (Phi) is 6.09. The molecule has 1 amide bonds. The lowest BCUT2D eigenvalue weighted by Gasteiger charge is -2.31. The molecule has 0 bridgehead atoms. The number of hydrogen-bond acceptors (Lipinski definition) is 2. The Balaban J connectivity index is 1.49. The van der Waals surface area contributed by atoms with E-state index in [0.717, 1.165) is 47.1 Å². The van der Waals surface area contributed by atoms with Crippen LogP contribution in [0.4, 0.5) is 5.69 Å². The fourth-order valence-corrected chi connectivity index (χ4v) is 3.68. The quantitative estimate of drug-likeness (QED) is 0.704. The molecule has 0 radical (unpaired) electrons. The Morgan fingerprint density at radius 1 is 1.04 bits per heavy atom. The molecular formula is C19H20Br2N2O. The van der Waals surface area contributed by atoms with Gasteiger partial charge in [0.15, 0.2) is 0 Å². The molecule has 24 heavy (non-hydrogen) atoms. The first-order valence-electron chi connectivity index (χ1n) is 8.13. The molecular weight excluding hydrogens is 432 g/mol. The van der Waals surface area contributed by atoms with Gasteiger partial charge in [-0.2, -0.15) is 0 Å². The number of amides is 1. The van der Waals surface area contributed by atoms with E-state index in [2.05, 4.69) is 66.3 Å². The Hall–Kier alpha value is -1.17. The number of likely N-dealkylation sites (tertiary alicyclic amines) is 1. The molecule has 0 unspecified atom stereocenters. The van der Waals surface area contributed by atoms with Crippen LogP contribution in [0.25, 0.3) is 0 Å². The third kappa shape index (κ3) is 4.91. The summed E-state index contributed by atoms with van der Waals surface area (Å²) < 4.78 is 2.08. The van der Waals surface area contributed by atoms with Gasteiger partial charge in [-0.1, -0.05) is 50.1 Å². The summed E-state index contributed by atoms with van der Waals surface area (Å²) in [5.41, 5.74) is 2.17. The molecule has 1 N–H and O–H groups in total. The number of benzene rings is 2. The van der Waals surface area contributed by atoms with Gasteiger partial charge < -0.3 is 5.32 Å². The topological polar surface area (TPSA) is 32.3 Å². The molecule has 3 nitrogen and oxygen atoms in total. The molecule has 1 heterocycles. The van der Waals surface area contributed by atoms with Gasteiger partial charge in [-0.05, 0) is 61.8 Å². The molecule has 2 aromatic carbocycles. The average molecular weight is 452 g/mol. The molecule has 1 saturated heterocycles. The van der Waals surface area contributed by atoms with Crippen molar-refractivity contribution in [3.8, 4) is 0 Å². The van der Waals surface area contributed by atoms with Crippen LogP contribution in [-0.4, -0.2) is 23.9 Å². The predicted octanol–water partition coefficient (Wildman–Crippen LogP) is 5.06. The summed E-state index contributed by atoms with van der Waals surface area (Å²) >= 11 is 6.90. The third-order valence-corrected chi connectivity index (χ3v) is 5.39. The highest BCUT2D eigenvalue weighted by Crippen LogP contribution is 2.22. The van der Waals surface area contributed by atoms with Gasteiger partial charge in [0.25, 0.3) is 0 Å². The molecule has 1 aliphatic rings. The fraction of sp³-hybridized carbons (Fsp3) is 0.316. The lowest BCUT2D eigenvalue weighted by Crippen LogP contribution is -2.37. The zero-order valence-corrected chi connectivity index (χ0v) is 16.5. The van der Waals surface area contributed by atoms with Crippen LogP contribution in [0.5, 0.6) is 0 Å². The summed E-state index contributed by atoms with van der Waals surface area (Å²) in [6.07, 6.45) is 1.83. The van der Waals surface area contributed by atoms with E-state index >= 15 is 0 Å². The fourth-order valence-electron chi connectivity index (χ4n) is 3.01. The van der Waals surface area contributed by atoms with Crippen molar-refractivity contribution < 1.29 is 4.79 Å². The molecule has 2 aromatic rings. The second-order valence-electron chi connectivity index (χ2n) is 6.18. The van der Waals surface area contributed by atoms with Crippen LogP contribution < -0.4 is 5.32 Å². The van der Waals surface area contributed by atoms with Crippen LogP contribution >= 0.6 is 31.9 Å². The van der Waals surface area contributed by atoms with Gasteiger partial charge in [0, 0.05) is 27.1 Å². The van der Waals surface area contributed by atoms with Crippen molar-refractivity contribution >= 4 is 43.5 Å². The Morgan fingerprint density at radius 3 is 2.42 bits per heavy atom. The Labute approximate surface area is 159 Å². The van der Waals surface area contributed by atoms with E-state index in [-0.39, 0.29) is 11.8 Å². The van der Waals surface area contributed by atoms with E-state index in [4.69, 9.17) is 0 Å². The maximum Gasteiger partial charge on any atom is 0.227 e. The smallest absolute Gasteiger partial charge is 0.227 e. The number of halogens is 2. The molecule has 3 rings (SSSR count). The summed E-state index contributed by atoms with van der Waals surface area (Å²) in [6, 6.07) is 16.2.